The number of aromatic nitrogens is 2. The predicted molar refractivity (Wildman–Crippen MR) is 88.4 cm³/mol. The maximum absolute atomic E-state index is 5.13. The van der Waals surface area contributed by atoms with Crippen LogP contribution in [0.2, 0.25) is 0 Å². The van der Waals surface area contributed by atoms with Gasteiger partial charge in [0.25, 0.3) is 0 Å². The number of fused-ring (bicyclic) bond motifs is 1. The van der Waals surface area contributed by atoms with E-state index in [9.17, 15) is 0 Å². The Hall–Kier alpha value is -2.34. The van der Waals surface area contributed by atoms with Crippen molar-refractivity contribution in [3.63, 3.8) is 0 Å². The van der Waals surface area contributed by atoms with Crippen molar-refractivity contribution in [2.75, 3.05) is 29.9 Å². The van der Waals surface area contributed by atoms with Crippen LogP contribution in [0.1, 0.15) is 5.69 Å². The standard InChI is InChI=1S/C16H16N4OS/c1-19-6-7-20(14-3-2-5-17-15(14)19)9-13-11-22-16(18-13)12-4-8-21-10-12/h2-5,8,10-11H,6-7,9H2,1H3. The molecule has 6 heteroatoms. The maximum Gasteiger partial charge on any atom is 0.151 e. The maximum atomic E-state index is 5.13. The van der Waals surface area contributed by atoms with E-state index >= 15 is 0 Å². The van der Waals surface area contributed by atoms with E-state index in [4.69, 9.17) is 9.40 Å². The van der Waals surface area contributed by atoms with Gasteiger partial charge in [0, 0.05) is 37.3 Å². The van der Waals surface area contributed by atoms with Crippen molar-refractivity contribution in [1.29, 1.82) is 0 Å². The second-order valence-electron chi connectivity index (χ2n) is 5.35. The Labute approximate surface area is 132 Å². The summed E-state index contributed by atoms with van der Waals surface area (Å²) in [7, 11) is 2.09. The van der Waals surface area contributed by atoms with Crippen LogP contribution in [-0.4, -0.2) is 30.1 Å². The van der Waals surface area contributed by atoms with Crippen molar-refractivity contribution >= 4 is 22.8 Å². The van der Waals surface area contributed by atoms with Gasteiger partial charge in [0.1, 0.15) is 11.3 Å². The second kappa shape index (κ2) is 5.46. The Morgan fingerprint density at radius 3 is 3.14 bits per heavy atom. The topological polar surface area (TPSA) is 45.4 Å². The molecule has 0 spiro atoms. The summed E-state index contributed by atoms with van der Waals surface area (Å²) in [6, 6.07) is 6.06. The Morgan fingerprint density at radius 1 is 1.32 bits per heavy atom. The highest BCUT2D eigenvalue weighted by Crippen LogP contribution is 2.31. The van der Waals surface area contributed by atoms with Gasteiger partial charge in [0.05, 0.1) is 24.2 Å². The fourth-order valence-corrected chi connectivity index (χ4v) is 3.48. The zero-order valence-electron chi connectivity index (χ0n) is 12.3. The molecule has 1 aliphatic rings. The highest BCUT2D eigenvalue weighted by atomic mass is 32.1. The van der Waals surface area contributed by atoms with E-state index in [1.807, 2.05) is 18.3 Å². The van der Waals surface area contributed by atoms with E-state index in [1.54, 1.807) is 23.9 Å². The highest BCUT2D eigenvalue weighted by molar-refractivity contribution is 7.13. The summed E-state index contributed by atoms with van der Waals surface area (Å²) in [5.41, 5.74) is 3.30. The van der Waals surface area contributed by atoms with E-state index in [-0.39, 0.29) is 0 Å². The first-order valence-corrected chi connectivity index (χ1v) is 8.07. The number of furan rings is 1. The van der Waals surface area contributed by atoms with Gasteiger partial charge >= 0.3 is 0 Å². The van der Waals surface area contributed by atoms with Crippen LogP contribution < -0.4 is 9.80 Å². The molecule has 112 valence electrons. The summed E-state index contributed by atoms with van der Waals surface area (Å²) >= 11 is 1.65. The summed E-state index contributed by atoms with van der Waals surface area (Å²) in [5, 5.41) is 3.13. The summed E-state index contributed by atoms with van der Waals surface area (Å²) in [6.07, 6.45) is 5.26. The summed E-state index contributed by atoms with van der Waals surface area (Å²) in [5.74, 6) is 1.04. The molecule has 0 unspecified atom stereocenters. The molecule has 0 saturated carbocycles. The number of likely N-dealkylation sites (N-methyl/N-ethyl adjacent to an activating group) is 1. The number of nitrogens with zero attached hydrogens (tertiary/aromatic N) is 4. The third-order valence-corrected chi connectivity index (χ3v) is 4.79. The number of rotatable bonds is 3. The van der Waals surface area contributed by atoms with Gasteiger partial charge in [-0.15, -0.1) is 11.3 Å². The van der Waals surface area contributed by atoms with Gasteiger partial charge in [0.2, 0.25) is 0 Å². The predicted octanol–water partition coefficient (Wildman–Crippen LogP) is 3.25. The van der Waals surface area contributed by atoms with E-state index < -0.39 is 0 Å². The van der Waals surface area contributed by atoms with Crippen molar-refractivity contribution in [2.45, 2.75) is 6.54 Å². The van der Waals surface area contributed by atoms with Gasteiger partial charge in [-0.3, -0.25) is 0 Å². The smallest absolute Gasteiger partial charge is 0.151 e. The summed E-state index contributed by atoms with van der Waals surface area (Å²) in [4.78, 5) is 13.8. The number of anilines is 2. The van der Waals surface area contributed by atoms with Crippen LogP contribution in [0.25, 0.3) is 10.6 Å². The highest BCUT2D eigenvalue weighted by Gasteiger charge is 2.21. The fraction of sp³-hybridized carbons (Fsp3) is 0.250. The first kappa shape index (κ1) is 13.3. The molecule has 0 aromatic carbocycles. The number of hydrogen-bond acceptors (Lipinski definition) is 6. The zero-order valence-corrected chi connectivity index (χ0v) is 13.1. The van der Waals surface area contributed by atoms with Gasteiger partial charge in [-0.2, -0.15) is 0 Å². The number of hydrogen-bond donors (Lipinski definition) is 0. The van der Waals surface area contributed by atoms with Crippen LogP contribution in [0.15, 0.2) is 46.7 Å². The normalized spacial score (nSPS) is 14.2. The van der Waals surface area contributed by atoms with Crippen molar-refractivity contribution in [3.05, 3.63) is 48.0 Å². The summed E-state index contributed by atoms with van der Waals surface area (Å²) < 4.78 is 5.13. The lowest BCUT2D eigenvalue weighted by Crippen LogP contribution is -2.39. The van der Waals surface area contributed by atoms with Crippen LogP contribution in [0.3, 0.4) is 0 Å². The van der Waals surface area contributed by atoms with Crippen molar-refractivity contribution in [2.24, 2.45) is 0 Å². The molecule has 3 aromatic heterocycles. The van der Waals surface area contributed by atoms with E-state index in [1.165, 1.54) is 5.69 Å². The second-order valence-corrected chi connectivity index (χ2v) is 6.20. The molecule has 1 aliphatic heterocycles. The quantitative estimate of drug-likeness (QED) is 0.743. The molecule has 0 radical (unpaired) electrons. The van der Waals surface area contributed by atoms with Gasteiger partial charge in [-0.1, -0.05) is 0 Å². The Bertz CT molecular complexity index is 768. The van der Waals surface area contributed by atoms with Gasteiger partial charge in [-0.05, 0) is 18.2 Å². The van der Waals surface area contributed by atoms with Crippen LogP contribution in [0.4, 0.5) is 11.5 Å². The fourth-order valence-electron chi connectivity index (χ4n) is 2.68. The molecule has 22 heavy (non-hydrogen) atoms. The van der Waals surface area contributed by atoms with Crippen molar-refractivity contribution in [1.82, 2.24) is 9.97 Å². The molecule has 0 amide bonds. The molecule has 0 fully saturated rings. The molecule has 0 aliphatic carbocycles. The lowest BCUT2D eigenvalue weighted by molar-refractivity contribution is 0.568. The minimum absolute atomic E-state index is 0.806. The Kier molecular flexibility index (Phi) is 3.31. The van der Waals surface area contributed by atoms with Crippen LogP contribution >= 0.6 is 11.3 Å². The van der Waals surface area contributed by atoms with Crippen LogP contribution in [-0.2, 0) is 6.54 Å². The van der Waals surface area contributed by atoms with Gasteiger partial charge in [-0.25, -0.2) is 9.97 Å². The minimum atomic E-state index is 0.806. The molecule has 0 N–H and O–H groups in total. The molecule has 5 nitrogen and oxygen atoms in total. The third-order valence-electron chi connectivity index (χ3n) is 3.85. The zero-order chi connectivity index (χ0) is 14.9. The largest absolute Gasteiger partial charge is 0.472 e. The molecular formula is C16H16N4OS. The molecule has 4 heterocycles. The number of thiazole rings is 1. The Balaban J connectivity index is 1.58. The average molecular weight is 312 g/mol. The number of pyridine rings is 1. The monoisotopic (exact) mass is 312 g/mol. The van der Waals surface area contributed by atoms with Crippen molar-refractivity contribution < 1.29 is 4.42 Å². The summed E-state index contributed by atoms with van der Waals surface area (Å²) in [6.45, 7) is 2.76. The molecule has 3 aromatic rings. The van der Waals surface area contributed by atoms with Crippen LogP contribution in [0, 0.1) is 0 Å². The SMILES string of the molecule is CN1CCN(Cc2csc(-c3ccoc3)n2)c2cccnc21. The van der Waals surface area contributed by atoms with Crippen LogP contribution in [0.5, 0.6) is 0 Å². The first-order valence-electron chi connectivity index (χ1n) is 7.19. The third kappa shape index (κ3) is 2.35. The molecular weight excluding hydrogens is 296 g/mol. The lowest BCUT2D eigenvalue weighted by atomic mass is 10.2. The first-order chi connectivity index (χ1) is 10.8. The van der Waals surface area contributed by atoms with E-state index in [2.05, 4.69) is 33.3 Å². The molecule has 0 atom stereocenters. The molecule has 0 bridgehead atoms. The van der Waals surface area contributed by atoms with Gasteiger partial charge < -0.3 is 14.2 Å². The van der Waals surface area contributed by atoms with Crippen molar-refractivity contribution in [3.8, 4) is 10.6 Å². The van der Waals surface area contributed by atoms with E-state index in [0.29, 0.717) is 0 Å². The average Bonchev–Trinajstić information content (AvgIpc) is 3.21. The lowest BCUT2D eigenvalue weighted by Gasteiger charge is -2.35. The van der Waals surface area contributed by atoms with E-state index in [0.717, 1.165) is 41.7 Å². The minimum Gasteiger partial charge on any atom is -0.472 e. The van der Waals surface area contributed by atoms with Gasteiger partial charge in [0.15, 0.2) is 5.82 Å². The molecule has 4 rings (SSSR count). The Morgan fingerprint density at radius 2 is 2.27 bits per heavy atom. The molecule has 0 saturated heterocycles.